The highest BCUT2D eigenvalue weighted by Gasteiger charge is 2.31. The number of nitrogens with one attached hydrogen (secondary N) is 2. The second-order valence-corrected chi connectivity index (χ2v) is 10.1. The van der Waals surface area contributed by atoms with Gasteiger partial charge in [-0.2, -0.15) is 0 Å². The lowest BCUT2D eigenvalue weighted by atomic mass is 9.86. The minimum Gasteiger partial charge on any atom is -0.349 e. The summed E-state index contributed by atoms with van der Waals surface area (Å²) < 4.78 is 0. The van der Waals surface area contributed by atoms with E-state index < -0.39 is 0 Å². The van der Waals surface area contributed by atoms with E-state index in [1.165, 1.54) is 11.3 Å². The standard InChI is InChI=1S/C27H32N6O/c1-27(2)12-8-24-22(27)16-19(17-29-24)23-9-13-28-26(32-23)31-20-6-4-18(5-7-20)25(34)30-21-10-14-33(3)15-11-21/h4-7,9,13,16-17,21H,8,10-12,14-15H2,1-3H3,(H,30,34)(H,28,31,32). The Bertz CT molecular complexity index is 1180. The lowest BCUT2D eigenvalue weighted by Crippen LogP contribution is -2.43. The maximum Gasteiger partial charge on any atom is 0.251 e. The Kier molecular flexibility index (Phi) is 6.04. The number of aromatic nitrogens is 3. The molecule has 1 saturated heterocycles. The van der Waals surface area contributed by atoms with Crippen molar-refractivity contribution in [3.63, 3.8) is 0 Å². The molecular weight excluding hydrogens is 424 g/mol. The van der Waals surface area contributed by atoms with E-state index in [9.17, 15) is 4.79 Å². The fourth-order valence-electron chi connectivity index (χ4n) is 4.82. The Morgan fingerprint density at radius 3 is 2.62 bits per heavy atom. The molecule has 1 aromatic carbocycles. The van der Waals surface area contributed by atoms with E-state index in [-0.39, 0.29) is 17.4 Å². The number of anilines is 2. The summed E-state index contributed by atoms with van der Waals surface area (Å²) in [5.74, 6) is 0.493. The first-order valence-corrected chi connectivity index (χ1v) is 12.1. The average molecular weight is 457 g/mol. The van der Waals surface area contributed by atoms with Gasteiger partial charge in [0, 0.05) is 40.9 Å². The van der Waals surface area contributed by atoms with Crippen molar-refractivity contribution in [1.29, 1.82) is 0 Å². The van der Waals surface area contributed by atoms with Crippen molar-refractivity contribution in [2.24, 2.45) is 0 Å². The summed E-state index contributed by atoms with van der Waals surface area (Å²) in [6, 6.07) is 11.8. The second-order valence-electron chi connectivity index (χ2n) is 10.1. The van der Waals surface area contributed by atoms with Gasteiger partial charge in [-0.05, 0) is 93.2 Å². The normalized spacial score (nSPS) is 17.9. The quantitative estimate of drug-likeness (QED) is 0.595. The van der Waals surface area contributed by atoms with Crippen LogP contribution in [0.3, 0.4) is 0 Å². The number of benzene rings is 1. The van der Waals surface area contributed by atoms with Crippen molar-refractivity contribution < 1.29 is 4.79 Å². The van der Waals surface area contributed by atoms with Gasteiger partial charge in [0.15, 0.2) is 0 Å². The molecule has 0 spiro atoms. The van der Waals surface area contributed by atoms with Gasteiger partial charge in [-0.15, -0.1) is 0 Å². The Morgan fingerprint density at radius 2 is 1.85 bits per heavy atom. The van der Waals surface area contributed by atoms with Gasteiger partial charge in [-0.1, -0.05) is 13.8 Å². The van der Waals surface area contributed by atoms with Crippen LogP contribution in [0.15, 0.2) is 48.8 Å². The first kappa shape index (κ1) is 22.5. The highest BCUT2D eigenvalue weighted by Crippen LogP contribution is 2.38. The zero-order valence-electron chi connectivity index (χ0n) is 20.1. The molecule has 0 atom stereocenters. The number of pyridine rings is 1. The summed E-state index contributed by atoms with van der Waals surface area (Å²) in [6.45, 7) is 6.59. The van der Waals surface area contributed by atoms with Crippen LogP contribution >= 0.6 is 0 Å². The molecule has 1 amide bonds. The predicted molar refractivity (Wildman–Crippen MR) is 134 cm³/mol. The van der Waals surface area contributed by atoms with Crippen LogP contribution in [0.4, 0.5) is 11.6 Å². The number of piperidine rings is 1. The average Bonchev–Trinajstić information content (AvgIpc) is 3.15. The van der Waals surface area contributed by atoms with E-state index in [1.807, 2.05) is 36.5 Å². The van der Waals surface area contributed by atoms with Gasteiger partial charge < -0.3 is 15.5 Å². The lowest BCUT2D eigenvalue weighted by molar-refractivity contribution is 0.0917. The predicted octanol–water partition coefficient (Wildman–Crippen LogP) is 4.33. The summed E-state index contributed by atoms with van der Waals surface area (Å²) in [7, 11) is 2.12. The molecule has 1 aliphatic carbocycles. The number of carbonyl (C=O) groups is 1. The summed E-state index contributed by atoms with van der Waals surface area (Å²) in [5, 5.41) is 6.41. The molecule has 1 fully saturated rings. The number of carbonyl (C=O) groups excluding carboxylic acids is 1. The molecule has 1 aliphatic heterocycles. The topological polar surface area (TPSA) is 83.0 Å². The summed E-state index contributed by atoms with van der Waals surface area (Å²) in [4.78, 5) is 28.7. The van der Waals surface area contributed by atoms with Crippen molar-refractivity contribution >= 4 is 17.5 Å². The summed E-state index contributed by atoms with van der Waals surface area (Å²) in [6.07, 6.45) is 7.81. The maximum atomic E-state index is 12.6. The minimum absolute atomic E-state index is 0.0219. The van der Waals surface area contributed by atoms with Crippen LogP contribution in [0, 0.1) is 0 Å². The number of nitrogens with zero attached hydrogens (tertiary/aromatic N) is 4. The molecule has 2 aromatic heterocycles. The van der Waals surface area contributed by atoms with Gasteiger partial charge in [0.1, 0.15) is 0 Å². The fraction of sp³-hybridized carbons (Fsp3) is 0.407. The van der Waals surface area contributed by atoms with E-state index in [4.69, 9.17) is 9.97 Å². The molecule has 7 nitrogen and oxygen atoms in total. The molecule has 176 valence electrons. The maximum absolute atomic E-state index is 12.6. The first-order valence-electron chi connectivity index (χ1n) is 12.1. The number of amides is 1. The fourth-order valence-corrected chi connectivity index (χ4v) is 4.82. The number of fused-ring (bicyclic) bond motifs is 1. The lowest BCUT2D eigenvalue weighted by Gasteiger charge is -2.29. The third kappa shape index (κ3) is 4.80. The molecule has 0 unspecified atom stereocenters. The number of hydrogen-bond donors (Lipinski definition) is 2. The summed E-state index contributed by atoms with van der Waals surface area (Å²) in [5.41, 5.74) is 5.98. The van der Waals surface area contributed by atoms with Crippen LogP contribution in [0.2, 0.25) is 0 Å². The highest BCUT2D eigenvalue weighted by atomic mass is 16.1. The van der Waals surface area contributed by atoms with Crippen LogP contribution in [0.25, 0.3) is 11.3 Å². The molecule has 5 rings (SSSR count). The van der Waals surface area contributed by atoms with Crippen molar-refractivity contribution in [2.45, 2.75) is 51.0 Å². The Balaban J connectivity index is 1.26. The van der Waals surface area contributed by atoms with Gasteiger partial charge in [0.25, 0.3) is 5.91 Å². The SMILES string of the molecule is CN1CCC(NC(=O)c2ccc(Nc3nccc(-c4cnc5c(c4)C(C)(C)CC5)n3)cc2)CC1. The number of hydrogen-bond acceptors (Lipinski definition) is 6. The molecule has 0 saturated carbocycles. The smallest absolute Gasteiger partial charge is 0.251 e. The highest BCUT2D eigenvalue weighted by molar-refractivity contribution is 5.94. The Hall–Kier alpha value is -3.32. The molecule has 0 bridgehead atoms. The molecule has 34 heavy (non-hydrogen) atoms. The van der Waals surface area contributed by atoms with Crippen LogP contribution in [0.1, 0.15) is 54.7 Å². The Labute approximate surface area is 201 Å². The van der Waals surface area contributed by atoms with Crippen molar-refractivity contribution in [2.75, 3.05) is 25.5 Å². The van der Waals surface area contributed by atoms with Crippen LogP contribution in [-0.2, 0) is 11.8 Å². The number of aryl methyl sites for hydroxylation is 1. The molecule has 7 heteroatoms. The van der Waals surface area contributed by atoms with Crippen LogP contribution in [0.5, 0.6) is 0 Å². The van der Waals surface area contributed by atoms with E-state index in [0.29, 0.717) is 11.5 Å². The van der Waals surface area contributed by atoms with E-state index in [0.717, 1.165) is 55.7 Å². The van der Waals surface area contributed by atoms with Gasteiger partial charge in [-0.3, -0.25) is 9.78 Å². The van der Waals surface area contributed by atoms with Gasteiger partial charge in [-0.25, -0.2) is 9.97 Å². The van der Waals surface area contributed by atoms with E-state index in [2.05, 4.69) is 47.5 Å². The monoisotopic (exact) mass is 456 g/mol. The number of rotatable bonds is 5. The molecule has 2 N–H and O–H groups in total. The van der Waals surface area contributed by atoms with Crippen molar-refractivity contribution in [3.05, 3.63) is 65.6 Å². The summed E-state index contributed by atoms with van der Waals surface area (Å²) >= 11 is 0. The third-order valence-corrected chi connectivity index (χ3v) is 7.09. The second kappa shape index (κ2) is 9.14. The molecule has 3 heterocycles. The molecule has 2 aliphatic rings. The molecular formula is C27H32N6O. The Morgan fingerprint density at radius 1 is 1.09 bits per heavy atom. The van der Waals surface area contributed by atoms with Crippen LogP contribution < -0.4 is 10.6 Å². The molecule has 0 radical (unpaired) electrons. The van der Waals surface area contributed by atoms with Crippen molar-refractivity contribution in [1.82, 2.24) is 25.2 Å². The van der Waals surface area contributed by atoms with E-state index in [1.54, 1.807) is 6.20 Å². The first-order chi connectivity index (χ1) is 16.4. The third-order valence-electron chi connectivity index (χ3n) is 7.09. The zero-order chi connectivity index (χ0) is 23.7. The zero-order valence-corrected chi connectivity index (χ0v) is 20.1. The molecule has 3 aromatic rings. The van der Waals surface area contributed by atoms with Gasteiger partial charge >= 0.3 is 0 Å². The largest absolute Gasteiger partial charge is 0.349 e. The van der Waals surface area contributed by atoms with E-state index >= 15 is 0 Å². The van der Waals surface area contributed by atoms with Gasteiger partial charge in [0.05, 0.1) is 5.69 Å². The van der Waals surface area contributed by atoms with Crippen molar-refractivity contribution in [3.8, 4) is 11.3 Å². The number of likely N-dealkylation sites (tertiary alicyclic amines) is 1. The van der Waals surface area contributed by atoms with Gasteiger partial charge in [0.2, 0.25) is 5.95 Å². The minimum atomic E-state index is -0.0219. The van der Waals surface area contributed by atoms with Crippen LogP contribution in [-0.4, -0.2) is 51.9 Å².